The summed E-state index contributed by atoms with van der Waals surface area (Å²) in [5, 5.41) is 3.38. The Morgan fingerprint density at radius 2 is 2.30 bits per heavy atom. The van der Waals surface area contributed by atoms with Crippen molar-refractivity contribution in [2.24, 2.45) is 0 Å². The van der Waals surface area contributed by atoms with Gasteiger partial charge in [-0.2, -0.15) is 0 Å². The molecule has 1 atom stereocenters. The minimum atomic E-state index is 0.514. The van der Waals surface area contributed by atoms with Crippen LogP contribution in [0.25, 0.3) is 0 Å². The second-order valence-electron chi connectivity index (χ2n) is 2.87. The SMILES string of the molecule is CCC1=CC(C)=CC(C)N1. The van der Waals surface area contributed by atoms with Crippen molar-refractivity contribution in [3.63, 3.8) is 0 Å². The summed E-state index contributed by atoms with van der Waals surface area (Å²) in [6.07, 6.45) is 5.55. The topological polar surface area (TPSA) is 12.0 Å². The highest BCUT2D eigenvalue weighted by atomic mass is 14.9. The maximum Gasteiger partial charge on any atom is 0.0418 e. The molecule has 0 aliphatic carbocycles. The summed E-state index contributed by atoms with van der Waals surface area (Å²) in [5.41, 5.74) is 2.73. The quantitative estimate of drug-likeness (QED) is 0.584. The molecule has 1 heteroatoms. The fraction of sp³-hybridized carbons (Fsp3) is 0.556. The average molecular weight is 137 g/mol. The third kappa shape index (κ3) is 1.63. The van der Waals surface area contributed by atoms with Gasteiger partial charge >= 0.3 is 0 Å². The van der Waals surface area contributed by atoms with E-state index in [0.717, 1.165) is 6.42 Å². The summed E-state index contributed by atoms with van der Waals surface area (Å²) in [5.74, 6) is 0. The monoisotopic (exact) mass is 137 g/mol. The highest BCUT2D eigenvalue weighted by Gasteiger charge is 2.04. The Morgan fingerprint density at radius 1 is 1.60 bits per heavy atom. The predicted molar refractivity (Wildman–Crippen MR) is 44.7 cm³/mol. The van der Waals surface area contributed by atoms with Gasteiger partial charge in [-0.15, -0.1) is 0 Å². The molecule has 1 heterocycles. The normalized spacial score (nSPS) is 24.9. The number of rotatable bonds is 1. The molecule has 0 aromatic carbocycles. The molecule has 0 spiro atoms. The van der Waals surface area contributed by atoms with Gasteiger partial charge in [-0.3, -0.25) is 0 Å². The standard InChI is InChI=1S/C9H15N/c1-4-9-6-7(2)5-8(3)10-9/h5-6,8,10H,4H2,1-3H3. The van der Waals surface area contributed by atoms with Gasteiger partial charge in [0.25, 0.3) is 0 Å². The van der Waals surface area contributed by atoms with Crippen molar-refractivity contribution in [1.82, 2.24) is 5.32 Å². The molecule has 0 aromatic rings. The lowest BCUT2D eigenvalue weighted by Gasteiger charge is -2.19. The molecule has 1 aliphatic heterocycles. The van der Waals surface area contributed by atoms with E-state index in [1.807, 2.05) is 0 Å². The fourth-order valence-corrected chi connectivity index (χ4v) is 1.30. The van der Waals surface area contributed by atoms with Crippen LogP contribution in [0, 0.1) is 0 Å². The summed E-state index contributed by atoms with van der Waals surface area (Å²) in [4.78, 5) is 0. The van der Waals surface area contributed by atoms with E-state index in [1.54, 1.807) is 0 Å². The van der Waals surface area contributed by atoms with Gasteiger partial charge in [0.2, 0.25) is 0 Å². The van der Waals surface area contributed by atoms with Crippen molar-refractivity contribution in [1.29, 1.82) is 0 Å². The van der Waals surface area contributed by atoms with Crippen molar-refractivity contribution < 1.29 is 0 Å². The van der Waals surface area contributed by atoms with Crippen molar-refractivity contribution in [3.05, 3.63) is 23.4 Å². The van der Waals surface area contributed by atoms with Crippen LogP contribution >= 0.6 is 0 Å². The molecule has 0 aromatic heterocycles. The summed E-state index contributed by atoms with van der Waals surface area (Å²) < 4.78 is 0. The third-order valence-electron chi connectivity index (χ3n) is 1.71. The number of hydrogen-bond acceptors (Lipinski definition) is 1. The zero-order valence-corrected chi connectivity index (χ0v) is 6.94. The van der Waals surface area contributed by atoms with Crippen molar-refractivity contribution in [3.8, 4) is 0 Å². The van der Waals surface area contributed by atoms with Crippen molar-refractivity contribution in [2.75, 3.05) is 0 Å². The van der Waals surface area contributed by atoms with Crippen LogP contribution in [0.1, 0.15) is 27.2 Å². The molecule has 0 bridgehead atoms. The molecular weight excluding hydrogens is 122 g/mol. The molecular formula is C9H15N. The van der Waals surface area contributed by atoms with E-state index in [1.165, 1.54) is 11.3 Å². The van der Waals surface area contributed by atoms with Crippen molar-refractivity contribution in [2.45, 2.75) is 33.2 Å². The first-order valence-corrected chi connectivity index (χ1v) is 3.88. The van der Waals surface area contributed by atoms with Gasteiger partial charge in [-0.05, 0) is 26.3 Å². The Kier molecular flexibility index (Phi) is 2.15. The number of nitrogens with one attached hydrogen (secondary N) is 1. The van der Waals surface area contributed by atoms with Crippen molar-refractivity contribution >= 4 is 0 Å². The van der Waals surface area contributed by atoms with E-state index >= 15 is 0 Å². The van der Waals surface area contributed by atoms with Crippen LogP contribution in [0.3, 0.4) is 0 Å². The molecule has 1 rings (SSSR count). The van der Waals surface area contributed by atoms with Gasteiger partial charge < -0.3 is 5.32 Å². The van der Waals surface area contributed by atoms with Gasteiger partial charge in [0, 0.05) is 11.7 Å². The molecule has 56 valence electrons. The number of allylic oxidation sites excluding steroid dienone is 3. The lowest BCUT2D eigenvalue weighted by molar-refractivity contribution is 0.686. The first-order valence-electron chi connectivity index (χ1n) is 3.88. The van der Waals surface area contributed by atoms with Gasteiger partial charge in [0.15, 0.2) is 0 Å². The Morgan fingerprint density at radius 3 is 2.80 bits per heavy atom. The zero-order chi connectivity index (χ0) is 7.56. The Bertz CT molecular complexity index is 177. The van der Waals surface area contributed by atoms with Gasteiger partial charge in [0.1, 0.15) is 0 Å². The van der Waals surface area contributed by atoms with E-state index in [2.05, 4.69) is 38.2 Å². The van der Waals surface area contributed by atoms with Crippen LogP contribution in [0.5, 0.6) is 0 Å². The van der Waals surface area contributed by atoms with Crippen LogP contribution in [-0.4, -0.2) is 6.04 Å². The fourth-order valence-electron chi connectivity index (χ4n) is 1.30. The van der Waals surface area contributed by atoms with Gasteiger partial charge in [0.05, 0.1) is 0 Å². The molecule has 1 aliphatic rings. The smallest absolute Gasteiger partial charge is 0.0418 e. The minimum absolute atomic E-state index is 0.514. The largest absolute Gasteiger partial charge is 0.382 e. The summed E-state index contributed by atoms with van der Waals surface area (Å²) in [7, 11) is 0. The molecule has 0 saturated heterocycles. The minimum Gasteiger partial charge on any atom is -0.382 e. The Labute approximate surface area is 62.8 Å². The lowest BCUT2D eigenvalue weighted by atomic mass is 10.1. The first-order chi connectivity index (χ1) is 4.72. The van der Waals surface area contributed by atoms with E-state index < -0.39 is 0 Å². The highest BCUT2D eigenvalue weighted by molar-refractivity contribution is 5.27. The molecule has 10 heavy (non-hydrogen) atoms. The highest BCUT2D eigenvalue weighted by Crippen LogP contribution is 2.10. The van der Waals surface area contributed by atoms with Crippen LogP contribution in [-0.2, 0) is 0 Å². The summed E-state index contributed by atoms with van der Waals surface area (Å²) in [6.45, 7) is 6.49. The van der Waals surface area contributed by atoms with Gasteiger partial charge in [-0.25, -0.2) is 0 Å². The van der Waals surface area contributed by atoms with Gasteiger partial charge in [-0.1, -0.05) is 18.6 Å². The molecule has 1 unspecified atom stereocenters. The zero-order valence-electron chi connectivity index (χ0n) is 6.94. The number of hydrogen-bond donors (Lipinski definition) is 1. The second-order valence-corrected chi connectivity index (χ2v) is 2.87. The average Bonchev–Trinajstić information content (AvgIpc) is 1.85. The van der Waals surface area contributed by atoms with E-state index in [4.69, 9.17) is 0 Å². The molecule has 0 saturated carbocycles. The summed E-state index contributed by atoms with van der Waals surface area (Å²) >= 11 is 0. The maximum absolute atomic E-state index is 3.38. The Hall–Kier alpha value is -0.720. The maximum atomic E-state index is 3.38. The molecule has 0 fully saturated rings. The summed E-state index contributed by atoms with van der Waals surface area (Å²) in [6, 6.07) is 0.514. The van der Waals surface area contributed by atoms with Crippen LogP contribution in [0.4, 0.5) is 0 Å². The molecule has 0 amide bonds. The van der Waals surface area contributed by atoms with Crippen LogP contribution < -0.4 is 5.32 Å². The van der Waals surface area contributed by atoms with Crippen LogP contribution in [0.15, 0.2) is 23.4 Å². The number of dihydropyridines is 1. The van der Waals surface area contributed by atoms with E-state index in [-0.39, 0.29) is 0 Å². The predicted octanol–water partition coefficient (Wildman–Crippen LogP) is 2.22. The van der Waals surface area contributed by atoms with E-state index in [9.17, 15) is 0 Å². The van der Waals surface area contributed by atoms with Crippen LogP contribution in [0.2, 0.25) is 0 Å². The molecule has 1 nitrogen and oxygen atoms in total. The lowest BCUT2D eigenvalue weighted by Crippen LogP contribution is -2.25. The van der Waals surface area contributed by atoms with E-state index in [0.29, 0.717) is 6.04 Å². The molecule has 0 radical (unpaired) electrons. The second kappa shape index (κ2) is 2.91. The Balaban J connectivity index is 2.70. The molecule has 1 N–H and O–H groups in total. The third-order valence-corrected chi connectivity index (χ3v) is 1.71. The first kappa shape index (κ1) is 7.39.